The quantitative estimate of drug-likeness (QED) is 0.0809. The molecule has 3 aliphatic carbocycles. The summed E-state index contributed by atoms with van der Waals surface area (Å²) in [4.78, 5) is 56.1. The lowest BCUT2D eigenvalue weighted by atomic mass is 9.63. The standard InChI is InChI=1S/C59H65ClN14O6S/c1-34(35-11-13-36(14-12-35)40-9-7-21-65-52(40)60)66-55(76)44-24-38(75)29-73(44)56(77)50(57(2,3)4)74-30-43(69-71-74)37-15-22-72(23-16-37)31-58(19-20-58)32-78-46-25-47(79-39-27-63-33-64-28-39)68-54(67-46)49-41-8-5-17-59(51(41)80-70-49)18-6-10-45-48(59)42(26-61)53(62)81-45/h7,9,11-14,21,25,27-28,30,33-34,37-38,44,50,75H,5-6,8,10,15-20,22-24,29,31-32,62H2,1-4H3,(H,66,76)/t34-,38+,44-,50+,59-/m0/s1. The Morgan fingerprint density at radius 1 is 1.05 bits per heavy atom. The summed E-state index contributed by atoms with van der Waals surface area (Å²) in [5, 5.41) is 39.1. The van der Waals surface area contributed by atoms with Crippen molar-refractivity contribution < 1.29 is 28.7 Å². The zero-order valence-corrected chi connectivity index (χ0v) is 47.4. The molecule has 5 aliphatic rings. The lowest BCUT2D eigenvalue weighted by Crippen LogP contribution is -2.50. The average molecular weight is 1130 g/mol. The van der Waals surface area contributed by atoms with Crippen molar-refractivity contribution in [3.05, 3.63) is 117 Å². The molecule has 1 aromatic carbocycles. The van der Waals surface area contributed by atoms with Gasteiger partial charge in [0.15, 0.2) is 23.0 Å². The van der Waals surface area contributed by atoms with Crippen LogP contribution in [0.15, 0.2) is 78.1 Å². The molecule has 0 bridgehead atoms. The second kappa shape index (κ2) is 21.8. The van der Waals surface area contributed by atoms with Crippen LogP contribution < -0.4 is 20.5 Å². The fourth-order valence-corrected chi connectivity index (χ4v) is 14.2. The molecule has 12 rings (SSSR count). The Labute approximate surface area is 478 Å². The third kappa shape index (κ3) is 10.7. The molecule has 6 aromatic heterocycles. The maximum atomic E-state index is 14.7. The van der Waals surface area contributed by atoms with Crippen molar-refractivity contribution in [3.63, 3.8) is 0 Å². The first-order valence-corrected chi connectivity index (χ1v) is 29.2. The van der Waals surface area contributed by atoms with E-state index in [-0.39, 0.29) is 48.0 Å². The van der Waals surface area contributed by atoms with Crippen molar-refractivity contribution in [2.45, 2.75) is 134 Å². The normalized spacial score (nSPS) is 21.4. The van der Waals surface area contributed by atoms with Gasteiger partial charge in [-0.05, 0) is 118 Å². The number of likely N-dealkylation sites (tertiary alicyclic amines) is 2. The van der Waals surface area contributed by atoms with E-state index in [0.717, 1.165) is 128 Å². The molecule has 1 saturated carbocycles. The van der Waals surface area contributed by atoms with Gasteiger partial charge in [0.2, 0.25) is 23.6 Å². The van der Waals surface area contributed by atoms with Gasteiger partial charge in [0, 0.05) is 59.2 Å². The highest BCUT2D eigenvalue weighted by molar-refractivity contribution is 7.16. The Hall–Kier alpha value is -7.38. The van der Waals surface area contributed by atoms with Crippen molar-refractivity contribution in [1.29, 1.82) is 5.26 Å². The number of nitrogen functional groups attached to an aromatic ring is 1. The molecular weight excluding hydrogens is 1070 g/mol. The Morgan fingerprint density at radius 2 is 1.80 bits per heavy atom. The molecule has 22 heteroatoms. The van der Waals surface area contributed by atoms with Crippen molar-refractivity contribution in [3.8, 4) is 46.2 Å². The van der Waals surface area contributed by atoms with E-state index in [1.165, 1.54) is 22.6 Å². The van der Waals surface area contributed by atoms with Gasteiger partial charge in [-0.1, -0.05) is 67.0 Å². The number of hydrogen-bond acceptors (Lipinski definition) is 18. The van der Waals surface area contributed by atoms with Crippen molar-refractivity contribution in [2.24, 2.45) is 10.8 Å². The zero-order valence-electron chi connectivity index (χ0n) is 45.8. The summed E-state index contributed by atoms with van der Waals surface area (Å²) in [6.45, 7) is 10.9. The lowest BCUT2D eigenvalue weighted by Gasteiger charge is -2.39. The maximum Gasteiger partial charge on any atom is 0.248 e. The molecule has 420 valence electrons. The van der Waals surface area contributed by atoms with Crippen LogP contribution in [0.3, 0.4) is 0 Å². The third-order valence-corrected chi connectivity index (χ3v) is 18.5. The molecule has 7 aromatic rings. The summed E-state index contributed by atoms with van der Waals surface area (Å²) in [6, 6.07) is 13.6. The largest absolute Gasteiger partial charge is 0.477 e. The van der Waals surface area contributed by atoms with E-state index in [4.69, 9.17) is 41.3 Å². The van der Waals surface area contributed by atoms with E-state index in [9.17, 15) is 20.0 Å². The van der Waals surface area contributed by atoms with Crippen LogP contribution in [-0.2, 0) is 27.8 Å². The van der Waals surface area contributed by atoms with Crippen LogP contribution in [0.1, 0.15) is 142 Å². The number of nitrogens with one attached hydrogen (secondary N) is 1. The fraction of sp³-hybridized carbons (Fsp3) is 0.475. The maximum absolute atomic E-state index is 14.7. The molecule has 20 nitrogen and oxygen atoms in total. The fourth-order valence-electron chi connectivity index (χ4n) is 12.8. The molecule has 5 atom stereocenters. The van der Waals surface area contributed by atoms with Gasteiger partial charge in [0.05, 0.1) is 53.9 Å². The number of carbonyl (C=O) groups excluding carboxylic acids is 2. The molecule has 8 heterocycles. The number of aliphatic hydroxyl groups excluding tert-OH is 1. The number of ether oxygens (including phenoxy) is 2. The molecule has 2 amide bonds. The number of nitriles is 1. The first-order valence-electron chi connectivity index (χ1n) is 28.0. The SMILES string of the molecule is C[C@H](NC(=O)[C@@H]1C[C@@H](O)CN1C(=O)[C@@H](n1cc(C2CCN(CC3(COc4cc(Oc5cncnc5)nc(-c5noc6c5CCC[C@@]65CCCc6sc(N)c(C#N)c65)n4)CC3)CC2)nn1)C(C)(C)C)c1ccc(-c2cccnc2Cl)cc1. The average Bonchev–Trinajstić information content (AvgIpc) is 3.31. The number of hydrogen-bond donors (Lipinski definition) is 3. The number of aryl methyl sites for hydroxylation is 1. The Morgan fingerprint density at radius 3 is 2.53 bits per heavy atom. The van der Waals surface area contributed by atoms with E-state index < -0.39 is 29.0 Å². The van der Waals surface area contributed by atoms with Gasteiger partial charge in [-0.2, -0.15) is 15.2 Å². The van der Waals surface area contributed by atoms with Gasteiger partial charge in [-0.25, -0.2) is 19.6 Å². The van der Waals surface area contributed by atoms with E-state index in [1.54, 1.807) is 29.3 Å². The Bertz CT molecular complexity index is 3510. The van der Waals surface area contributed by atoms with Crippen molar-refractivity contribution >= 4 is 39.8 Å². The highest BCUT2D eigenvalue weighted by atomic mass is 35.5. The number of nitrogens with zero attached hydrogens (tertiary/aromatic N) is 12. The molecule has 2 aliphatic heterocycles. The number of carbonyl (C=O) groups is 2. The second-order valence-electron chi connectivity index (χ2n) is 23.7. The number of thiophene rings is 1. The highest BCUT2D eigenvalue weighted by Gasteiger charge is 2.50. The number of β-amino-alcohol motifs (C(OH)–C–C–N with tert-alkyl or cyclic N) is 1. The van der Waals surface area contributed by atoms with Crippen molar-refractivity contribution in [2.75, 3.05) is 38.5 Å². The number of amides is 2. The van der Waals surface area contributed by atoms with Gasteiger partial charge in [0.1, 0.15) is 34.6 Å². The van der Waals surface area contributed by atoms with Gasteiger partial charge >= 0.3 is 0 Å². The van der Waals surface area contributed by atoms with Crippen LogP contribution >= 0.6 is 22.9 Å². The molecule has 4 N–H and O–H groups in total. The number of piperidine rings is 1. The summed E-state index contributed by atoms with van der Waals surface area (Å²) in [5.41, 5.74) is 11.7. The number of halogens is 1. The minimum Gasteiger partial charge on any atom is -0.477 e. The minimum absolute atomic E-state index is 0.0375. The second-order valence-corrected chi connectivity index (χ2v) is 25.2. The van der Waals surface area contributed by atoms with Crippen LogP contribution in [0.5, 0.6) is 17.5 Å². The number of nitrogens with two attached hydrogens (primary N) is 1. The van der Waals surface area contributed by atoms with E-state index in [0.29, 0.717) is 45.5 Å². The number of rotatable bonds is 15. The number of aliphatic hydroxyl groups is 1. The van der Waals surface area contributed by atoms with Crippen LogP contribution in [0.2, 0.25) is 5.15 Å². The number of pyridine rings is 1. The first kappa shape index (κ1) is 54.2. The number of fused-ring (bicyclic) bond motifs is 4. The van der Waals surface area contributed by atoms with Crippen LogP contribution in [0, 0.1) is 22.2 Å². The smallest absolute Gasteiger partial charge is 0.248 e. The predicted octanol–water partition coefficient (Wildman–Crippen LogP) is 8.96. The van der Waals surface area contributed by atoms with Gasteiger partial charge in [0.25, 0.3) is 0 Å². The summed E-state index contributed by atoms with van der Waals surface area (Å²) in [7, 11) is 0. The third-order valence-electron chi connectivity index (χ3n) is 17.1. The van der Waals surface area contributed by atoms with Crippen LogP contribution in [-0.4, -0.2) is 117 Å². The molecule has 0 unspecified atom stereocenters. The van der Waals surface area contributed by atoms with Gasteiger partial charge in [-0.3, -0.25) is 9.59 Å². The minimum atomic E-state index is -0.863. The molecule has 81 heavy (non-hydrogen) atoms. The molecular formula is C59H65ClN14O6S. The summed E-state index contributed by atoms with van der Waals surface area (Å²) in [5.74, 6) is 1.63. The van der Waals surface area contributed by atoms with Crippen LogP contribution in [0.25, 0.3) is 22.6 Å². The Balaban J connectivity index is 0.694. The van der Waals surface area contributed by atoms with Gasteiger partial charge in [-0.15, -0.1) is 16.4 Å². The summed E-state index contributed by atoms with van der Waals surface area (Å²) in [6.07, 6.45) is 16.2. The van der Waals surface area contributed by atoms with E-state index in [2.05, 4.69) is 46.7 Å². The van der Waals surface area contributed by atoms with Crippen LogP contribution in [0.4, 0.5) is 5.00 Å². The Kier molecular flexibility index (Phi) is 14.6. The van der Waals surface area contributed by atoms with E-state index in [1.807, 2.05) is 70.3 Å². The summed E-state index contributed by atoms with van der Waals surface area (Å²) >= 11 is 7.85. The molecule has 1 spiro atoms. The van der Waals surface area contributed by atoms with Gasteiger partial charge < -0.3 is 40.0 Å². The monoisotopic (exact) mass is 1130 g/mol. The zero-order chi connectivity index (χ0) is 56.2. The molecule has 3 fully saturated rings. The summed E-state index contributed by atoms with van der Waals surface area (Å²) < 4.78 is 20.8. The first-order chi connectivity index (χ1) is 39.1. The predicted molar refractivity (Wildman–Crippen MR) is 301 cm³/mol. The molecule has 0 radical (unpaired) electrons. The highest BCUT2D eigenvalue weighted by Crippen LogP contribution is 2.55. The number of anilines is 1. The molecule has 2 saturated heterocycles. The number of aromatic nitrogens is 9. The lowest BCUT2D eigenvalue weighted by molar-refractivity contribution is -0.144. The topological polar surface area (TPSA) is 262 Å². The van der Waals surface area contributed by atoms with Crippen molar-refractivity contribution in [1.82, 2.24) is 60.2 Å². The van der Waals surface area contributed by atoms with E-state index >= 15 is 0 Å². The number of benzene rings is 1.